The number of carbonyl (C=O) groups excluding carboxylic acids is 1. The fourth-order valence-electron chi connectivity index (χ4n) is 2.48. The summed E-state index contributed by atoms with van der Waals surface area (Å²) in [6.07, 6.45) is -5.92. The molecule has 1 amide bonds. The van der Waals surface area contributed by atoms with Crippen molar-refractivity contribution in [2.75, 3.05) is 39.5 Å². The smallest absolute Gasteiger partial charge is 0.379 e. The molecular weight excluding hydrogens is 277 g/mol. The minimum Gasteiger partial charge on any atom is -0.379 e. The molecule has 0 aromatic heterocycles. The predicted molar refractivity (Wildman–Crippen MR) is 64.2 cm³/mol. The van der Waals surface area contributed by atoms with E-state index in [1.54, 1.807) is 0 Å². The van der Waals surface area contributed by atoms with E-state index in [9.17, 15) is 18.0 Å². The third kappa shape index (κ3) is 4.60. The molecule has 0 bridgehead atoms. The van der Waals surface area contributed by atoms with Gasteiger partial charge in [0.05, 0.1) is 44.9 Å². The number of nitrogens with zero attached hydrogens (tertiary/aromatic N) is 1. The molecule has 116 valence electrons. The summed E-state index contributed by atoms with van der Waals surface area (Å²) in [7, 11) is 0. The fraction of sp³-hybridized carbons (Fsp3) is 0.917. The summed E-state index contributed by atoms with van der Waals surface area (Å²) in [6.45, 7) is 3.60. The Kier molecular flexibility index (Phi) is 5.22. The number of hydrogen-bond acceptors (Lipinski definition) is 4. The summed E-state index contributed by atoms with van der Waals surface area (Å²) in [5.74, 6) is -0.573. The number of nitrogens with one attached hydrogen (secondary N) is 1. The zero-order chi connectivity index (χ0) is 14.6. The molecule has 2 saturated heterocycles. The van der Waals surface area contributed by atoms with Crippen LogP contribution in [0.15, 0.2) is 0 Å². The Morgan fingerprint density at radius 3 is 2.55 bits per heavy atom. The van der Waals surface area contributed by atoms with Gasteiger partial charge in [-0.25, -0.2) is 0 Å². The first kappa shape index (κ1) is 15.5. The normalized spacial score (nSPS) is 28.6. The van der Waals surface area contributed by atoms with Crippen molar-refractivity contribution in [3.8, 4) is 0 Å². The van der Waals surface area contributed by atoms with Gasteiger partial charge in [-0.1, -0.05) is 0 Å². The summed E-state index contributed by atoms with van der Waals surface area (Å²) in [5, 5.41) is 2.65. The molecule has 5 nitrogen and oxygen atoms in total. The number of hydrogen-bond donors (Lipinski definition) is 1. The molecular formula is C12H19F3N2O3. The van der Waals surface area contributed by atoms with E-state index in [0.29, 0.717) is 26.4 Å². The van der Waals surface area contributed by atoms with E-state index in [-0.39, 0.29) is 12.1 Å². The van der Waals surface area contributed by atoms with Crippen molar-refractivity contribution < 1.29 is 27.4 Å². The number of halogens is 3. The summed E-state index contributed by atoms with van der Waals surface area (Å²) in [4.78, 5) is 13.7. The second kappa shape index (κ2) is 6.73. The molecule has 1 N–H and O–H groups in total. The first-order chi connectivity index (χ1) is 9.46. The summed E-state index contributed by atoms with van der Waals surface area (Å²) < 4.78 is 46.8. The maximum atomic E-state index is 12.1. The lowest BCUT2D eigenvalue weighted by atomic mass is 10.1. The zero-order valence-electron chi connectivity index (χ0n) is 11.1. The molecule has 0 spiro atoms. The molecule has 2 fully saturated rings. The quantitative estimate of drug-likeness (QED) is 0.823. The molecule has 0 saturated carbocycles. The van der Waals surface area contributed by atoms with Gasteiger partial charge in [0.25, 0.3) is 0 Å². The Hall–Kier alpha value is -0.860. The SMILES string of the molecule is O=C(CCC(F)(F)F)N[C@H]1COC[C@@H]1N1CCOCC1. The van der Waals surface area contributed by atoms with E-state index >= 15 is 0 Å². The van der Waals surface area contributed by atoms with Gasteiger partial charge in [0.1, 0.15) is 0 Å². The second-order valence-corrected chi connectivity index (χ2v) is 5.04. The van der Waals surface area contributed by atoms with Crippen LogP contribution in [0.25, 0.3) is 0 Å². The van der Waals surface area contributed by atoms with Crippen LogP contribution < -0.4 is 5.32 Å². The highest BCUT2D eigenvalue weighted by atomic mass is 19.4. The third-order valence-corrected chi connectivity index (χ3v) is 3.55. The van der Waals surface area contributed by atoms with E-state index in [4.69, 9.17) is 9.47 Å². The number of rotatable bonds is 4. The number of carbonyl (C=O) groups is 1. The van der Waals surface area contributed by atoms with Crippen molar-refractivity contribution in [2.45, 2.75) is 31.1 Å². The van der Waals surface area contributed by atoms with Gasteiger partial charge >= 0.3 is 6.18 Å². The van der Waals surface area contributed by atoms with Crippen LogP contribution in [0.5, 0.6) is 0 Å². The third-order valence-electron chi connectivity index (χ3n) is 3.55. The first-order valence-electron chi connectivity index (χ1n) is 6.71. The van der Waals surface area contributed by atoms with Crippen molar-refractivity contribution in [2.24, 2.45) is 0 Å². The molecule has 2 aliphatic heterocycles. The molecule has 0 aromatic rings. The largest absolute Gasteiger partial charge is 0.389 e. The maximum absolute atomic E-state index is 12.1. The van der Waals surface area contributed by atoms with Gasteiger partial charge in [-0.15, -0.1) is 0 Å². The summed E-state index contributed by atoms with van der Waals surface area (Å²) >= 11 is 0. The van der Waals surface area contributed by atoms with E-state index in [1.807, 2.05) is 0 Å². The minimum atomic E-state index is -4.30. The molecule has 0 aromatic carbocycles. The number of ether oxygens (including phenoxy) is 2. The van der Waals surface area contributed by atoms with Crippen LogP contribution in [0.1, 0.15) is 12.8 Å². The van der Waals surface area contributed by atoms with Crippen LogP contribution in [-0.4, -0.2) is 68.6 Å². The zero-order valence-corrected chi connectivity index (χ0v) is 11.1. The number of morpholine rings is 1. The van der Waals surface area contributed by atoms with Crippen LogP contribution in [0, 0.1) is 0 Å². The lowest BCUT2D eigenvalue weighted by molar-refractivity contribution is -0.144. The fourth-order valence-corrected chi connectivity index (χ4v) is 2.48. The second-order valence-electron chi connectivity index (χ2n) is 5.04. The van der Waals surface area contributed by atoms with Crippen molar-refractivity contribution in [3.05, 3.63) is 0 Å². The Bertz CT molecular complexity index is 332. The van der Waals surface area contributed by atoms with Crippen LogP contribution in [0.2, 0.25) is 0 Å². The highest BCUT2D eigenvalue weighted by molar-refractivity contribution is 5.76. The maximum Gasteiger partial charge on any atom is 0.389 e. The van der Waals surface area contributed by atoms with Gasteiger partial charge in [0.15, 0.2) is 0 Å². The molecule has 0 unspecified atom stereocenters. The van der Waals surface area contributed by atoms with Crippen molar-refractivity contribution in [1.82, 2.24) is 10.2 Å². The van der Waals surface area contributed by atoms with Gasteiger partial charge in [-0.3, -0.25) is 9.69 Å². The van der Waals surface area contributed by atoms with Crippen molar-refractivity contribution in [3.63, 3.8) is 0 Å². The average Bonchev–Trinajstić information content (AvgIpc) is 2.85. The molecule has 2 heterocycles. The van der Waals surface area contributed by atoms with Crippen LogP contribution in [0.4, 0.5) is 13.2 Å². The Morgan fingerprint density at radius 2 is 1.90 bits per heavy atom. The van der Waals surface area contributed by atoms with Crippen LogP contribution in [0.3, 0.4) is 0 Å². The van der Waals surface area contributed by atoms with Gasteiger partial charge in [0, 0.05) is 19.5 Å². The number of amides is 1. The van der Waals surface area contributed by atoms with E-state index in [0.717, 1.165) is 13.1 Å². The summed E-state index contributed by atoms with van der Waals surface area (Å²) in [6, 6.07) is -0.220. The molecule has 2 atom stereocenters. The molecule has 0 aliphatic carbocycles. The van der Waals surface area contributed by atoms with E-state index < -0.39 is 24.9 Å². The van der Waals surface area contributed by atoms with Crippen LogP contribution in [-0.2, 0) is 14.3 Å². The lowest BCUT2D eigenvalue weighted by Crippen LogP contribution is -2.54. The Labute approximate surface area is 115 Å². The topological polar surface area (TPSA) is 50.8 Å². The molecule has 20 heavy (non-hydrogen) atoms. The van der Waals surface area contributed by atoms with Gasteiger partial charge in [-0.2, -0.15) is 13.2 Å². The van der Waals surface area contributed by atoms with Gasteiger partial charge in [-0.05, 0) is 0 Å². The standard InChI is InChI=1S/C12H19F3N2O3/c13-12(14,15)2-1-11(18)16-9-7-20-8-10(9)17-3-5-19-6-4-17/h9-10H,1-8H2,(H,16,18)/t9-,10-/m0/s1. The highest BCUT2D eigenvalue weighted by Crippen LogP contribution is 2.21. The minimum absolute atomic E-state index is 0.0220. The van der Waals surface area contributed by atoms with E-state index in [1.165, 1.54) is 0 Å². The predicted octanol–water partition coefficient (Wildman–Crippen LogP) is 0.545. The Morgan fingerprint density at radius 1 is 1.20 bits per heavy atom. The monoisotopic (exact) mass is 296 g/mol. The van der Waals surface area contributed by atoms with Gasteiger partial charge < -0.3 is 14.8 Å². The average molecular weight is 296 g/mol. The molecule has 8 heteroatoms. The van der Waals surface area contributed by atoms with Gasteiger partial charge in [0.2, 0.25) is 5.91 Å². The van der Waals surface area contributed by atoms with Crippen molar-refractivity contribution >= 4 is 5.91 Å². The van der Waals surface area contributed by atoms with E-state index in [2.05, 4.69) is 10.2 Å². The Balaban J connectivity index is 1.80. The summed E-state index contributed by atoms with van der Waals surface area (Å²) in [5.41, 5.74) is 0. The molecule has 2 rings (SSSR count). The highest BCUT2D eigenvalue weighted by Gasteiger charge is 2.35. The first-order valence-corrected chi connectivity index (χ1v) is 6.71. The lowest BCUT2D eigenvalue weighted by Gasteiger charge is -2.34. The molecule has 2 aliphatic rings. The van der Waals surface area contributed by atoms with Crippen molar-refractivity contribution in [1.29, 1.82) is 0 Å². The number of alkyl halides is 3. The molecule has 0 radical (unpaired) electrons. The van der Waals surface area contributed by atoms with Crippen LogP contribution >= 0.6 is 0 Å².